The summed E-state index contributed by atoms with van der Waals surface area (Å²) in [4.78, 5) is 8.48. The number of hydrogen-bond donors (Lipinski definition) is 1. The summed E-state index contributed by atoms with van der Waals surface area (Å²) in [5, 5.41) is 0. The molecule has 0 bridgehead atoms. The Bertz CT molecular complexity index is 305. The topological polar surface area (TPSA) is 51.8 Å². The zero-order valence-electron chi connectivity index (χ0n) is 10.0. The van der Waals surface area contributed by atoms with Crippen LogP contribution in [0.15, 0.2) is 25.0 Å². The highest BCUT2D eigenvalue weighted by Crippen LogP contribution is 2.14. The first-order valence-corrected chi connectivity index (χ1v) is 5.89. The van der Waals surface area contributed by atoms with Crippen molar-refractivity contribution >= 4 is 0 Å². The van der Waals surface area contributed by atoms with E-state index in [2.05, 4.69) is 16.5 Å². The number of nitrogens with two attached hydrogens (primary N) is 1. The standard InChI is InChI=1S/C13H21N3/c1-3-4-5-6-7-8-12(14)13-15-9-11(2)10-16-13/h3,9-10,12H,1,4-8,14H2,2H3. The van der Waals surface area contributed by atoms with Gasteiger partial charge in [-0.2, -0.15) is 0 Å². The summed E-state index contributed by atoms with van der Waals surface area (Å²) in [5.74, 6) is 0.759. The molecule has 0 aromatic carbocycles. The SMILES string of the molecule is C=CCCCCCC(N)c1ncc(C)cn1. The minimum Gasteiger partial charge on any atom is -0.321 e. The van der Waals surface area contributed by atoms with E-state index in [9.17, 15) is 0 Å². The summed E-state index contributed by atoms with van der Waals surface area (Å²) in [6, 6.07) is -0.0238. The molecule has 1 aromatic rings. The second-order valence-corrected chi connectivity index (χ2v) is 4.15. The van der Waals surface area contributed by atoms with Gasteiger partial charge in [-0.1, -0.05) is 18.9 Å². The van der Waals surface area contributed by atoms with Crippen molar-refractivity contribution in [2.45, 2.75) is 45.1 Å². The first kappa shape index (κ1) is 12.8. The molecular weight excluding hydrogens is 198 g/mol. The second-order valence-electron chi connectivity index (χ2n) is 4.15. The fraction of sp³-hybridized carbons (Fsp3) is 0.538. The molecule has 0 saturated carbocycles. The van der Waals surface area contributed by atoms with Crippen LogP contribution in [-0.2, 0) is 0 Å². The molecule has 0 spiro atoms. The van der Waals surface area contributed by atoms with Gasteiger partial charge in [-0.05, 0) is 31.7 Å². The molecule has 16 heavy (non-hydrogen) atoms. The monoisotopic (exact) mass is 219 g/mol. The minimum absolute atomic E-state index is 0.0238. The number of nitrogens with zero attached hydrogens (tertiary/aromatic N) is 2. The van der Waals surface area contributed by atoms with Crippen molar-refractivity contribution in [3.63, 3.8) is 0 Å². The van der Waals surface area contributed by atoms with Gasteiger partial charge in [-0.25, -0.2) is 9.97 Å². The molecule has 0 aliphatic heterocycles. The predicted molar refractivity (Wildman–Crippen MR) is 67.0 cm³/mol. The van der Waals surface area contributed by atoms with Crippen LogP contribution in [0.1, 0.15) is 49.5 Å². The Labute approximate surface area is 97.8 Å². The molecule has 3 nitrogen and oxygen atoms in total. The maximum absolute atomic E-state index is 6.01. The Morgan fingerprint density at radius 3 is 2.62 bits per heavy atom. The Morgan fingerprint density at radius 2 is 2.00 bits per heavy atom. The van der Waals surface area contributed by atoms with Gasteiger partial charge in [0.15, 0.2) is 0 Å². The maximum atomic E-state index is 6.01. The van der Waals surface area contributed by atoms with Crippen LogP contribution in [0.3, 0.4) is 0 Å². The van der Waals surface area contributed by atoms with Gasteiger partial charge in [0.05, 0.1) is 6.04 Å². The molecule has 0 amide bonds. The van der Waals surface area contributed by atoms with Crippen LogP contribution in [0.4, 0.5) is 0 Å². The highest BCUT2D eigenvalue weighted by molar-refractivity contribution is 5.04. The zero-order chi connectivity index (χ0) is 11.8. The third-order valence-electron chi connectivity index (χ3n) is 2.56. The quantitative estimate of drug-likeness (QED) is 0.566. The first-order chi connectivity index (χ1) is 7.74. The maximum Gasteiger partial charge on any atom is 0.144 e. The van der Waals surface area contributed by atoms with Gasteiger partial charge in [-0.15, -0.1) is 6.58 Å². The summed E-state index contributed by atoms with van der Waals surface area (Å²) >= 11 is 0. The van der Waals surface area contributed by atoms with Gasteiger partial charge in [0.1, 0.15) is 5.82 Å². The molecule has 0 aliphatic rings. The fourth-order valence-corrected chi connectivity index (χ4v) is 1.55. The van der Waals surface area contributed by atoms with Crippen LogP contribution in [0, 0.1) is 6.92 Å². The lowest BCUT2D eigenvalue weighted by molar-refractivity contribution is 0.551. The number of allylic oxidation sites excluding steroid dienone is 1. The smallest absolute Gasteiger partial charge is 0.144 e. The molecule has 0 aliphatic carbocycles. The van der Waals surface area contributed by atoms with Crippen molar-refractivity contribution < 1.29 is 0 Å². The van der Waals surface area contributed by atoms with E-state index in [0.717, 1.165) is 30.7 Å². The van der Waals surface area contributed by atoms with E-state index in [1.165, 1.54) is 12.8 Å². The van der Waals surface area contributed by atoms with Gasteiger partial charge < -0.3 is 5.73 Å². The van der Waals surface area contributed by atoms with E-state index >= 15 is 0 Å². The Morgan fingerprint density at radius 1 is 1.31 bits per heavy atom. The second kappa shape index (κ2) is 7.12. The molecule has 3 heteroatoms. The molecule has 1 aromatic heterocycles. The van der Waals surface area contributed by atoms with Crippen molar-refractivity contribution in [2.24, 2.45) is 5.73 Å². The van der Waals surface area contributed by atoms with E-state index < -0.39 is 0 Å². The van der Waals surface area contributed by atoms with Crippen LogP contribution < -0.4 is 5.73 Å². The van der Waals surface area contributed by atoms with Crippen LogP contribution in [0.25, 0.3) is 0 Å². The highest BCUT2D eigenvalue weighted by Gasteiger charge is 2.07. The van der Waals surface area contributed by atoms with Crippen molar-refractivity contribution in [1.29, 1.82) is 0 Å². The number of rotatable bonds is 7. The molecular formula is C13H21N3. The molecule has 88 valence electrons. The Balaban J connectivity index is 2.26. The minimum atomic E-state index is -0.0238. The summed E-state index contributed by atoms with van der Waals surface area (Å²) in [7, 11) is 0. The zero-order valence-corrected chi connectivity index (χ0v) is 10.0. The van der Waals surface area contributed by atoms with Gasteiger partial charge in [0.2, 0.25) is 0 Å². The van der Waals surface area contributed by atoms with Gasteiger partial charge in [0.25, 0.3) is 0 Å². The van der Waals surface area contributed by atoms with E-state index in [4.69, 9.17) is 5.73 Å². The molecule has 1 heterocycles. The first-order valence-electron chi connectivity index (χ1n) is 5.89. The van der Waals surface area contributed by atoms with Crippen LogP contribution >= 0.6 is 0 Å². The van der Waals surface area contributed by atoms with Crippen molar-refractivity contribution in [2.75, 3.05) is 0 Å². The van der Waals surface area contributed by atoms with E-state index in [-0.39, 0.29) is 6.04 Å². The third kappa shape index (κ3) is 4.53. The third-order valence-corrected chi connectivity index (χ3v) is 2.56. The molecule has 1 atom stereocenters. The number of aromatic nitrogens is 2. The molecule has 1 unspecified atom stereocenters. The molecule has 0 saturated heterocycles. The van der Waals surface area contributed by atoms with E-state index in [0.29, 0.717) is 0 Å². The van der Waals surface area contributed by atoms with Gasteiger partial charge >= 0.3 is 0 Å². The van der Waals surface area contributed by atoms with Gasteiger partial charge in [-0.3, -0.25) is 0 Å². The molecule has 1 rings (SSSR count). The lowest BCUT2D eigenvalue weighted by Gasteiger charge is -2.09. The largest absolute Gasteiger partial charge is 0.321 e. The highest BCUT2D eigenvalue weighted by atomic mass is 14.9. The summed E-state index contributed by atoms with van der Waals surface area (Å²) in [5.41, 5.74) is 7.09. The van der Waals surface area contributed by atoms with Gasteiger partial charge in [0, 0.05) is 12.4 Å². The number of hydrogen-bond acceptors (Lipinski definition) is 3. The molecule has 0 radical (unpaired) electrons. The fourth-order valence-electron chi connectivity index (χ4n) is 1.55. The lowest BCUT2D eigenvalue weighted by atomic mass is 10.1. The Hall–Kier alpha value is -1.22. The van der Waals surface area contributed by atoms with Crippen LogP contribution in [0.2, 0.25) is 0 Å². The number of unbranched alkanes of at least 4 members (excludes halogenated alkanes) is 3. The molecule has 0 fully saturated rings. The molecule has 2 N–H and O–H groups in total. The summed E-state index contributed by atoms with van der Waals surface area (Å²) < 4.78 is 0. The number of aryl methyl sites for hydroxylation is 1. The van der Waals surface area contributed by atoms with Crippen molar-refractivity contribution in [3.05, 3.63) is 36.4 Å². The van der Waals surface area contributed by atoms with E-state index in [1.807, 2.05) is 25.4 Å². The Kier molecular flexibility index (Phi) is 5.72. The van der Waals surface area contributed by atoms with Crippen LogP contribution in [0.5, 0.6) is 0 Å². The van der Waals surface area contributed by atoms with Crippen LogP contribution in [-0.4, -0.2) is 9.97 Å². The average Bonchev–Trinajstić information content (AvgIpc) is 2.29. The summed E-state index contributed by atoms with van der Waals surface area (Å²) in [6.07, 6.45) is 11.2. The normalized spacial score (nSPS) is 12.4. The predicted octanol–water partition coefficient (Wildman–Crippen LogP) is 2.92. The van der Waals surface area contributed by atoms with Crippen molar-refractivity contribution in [1.82, 2.24) is 9.97 Å². The summed E-state index contributed by atoms with van der Waals surface area (Å²) in [6.45, 7) is 5.68. The van der Waals surface area contributed by atoms with Crippen molar-refractivity contribution in [3.8, 4) is 0 Å². The average molecular weight is 219 g/mol. The van der Waals surface area contributed by atoms with E-state index in [1.54, 1.807) is 0 Å². The lowest BCUT2D eigenvalue weighted by Crippen LogP contribution is -2.13.